The second-order valence-corrected chi connectivity index (χ2v) is 46.5. The number of hydrogen-bond donors (Lipinski definition) is 7. The van der Waals surface area contributed by atoms with Gasteiger partial charge in [-0.15, -0.1) is 0 Å². The number of piperidine rings is 1. The van der Waals surface area contributed by atoms with E-state index in [4.69, 9.17) is 50.4 Å². The van der Waals surface area contributed by atoms with E-state index in [1.807, 2.05) is 103 Å². The number of nitrogen functional groups attached to an aromatic ring is 2. The van der Waals surface area contributed by atoms with Gasteiger partial charge in [0.05, 0.1) is 82.3 Å². The first-order valence-corrected chi connectivity index (χ1v) is 54.0. The van der Waals surface area contributed by atoms with Crippen LogP contribution in [0.5, 0.6) is 17.4 Å². The van der Waals surface area contributed by atoms with Crippen molar-refractivity contribution in [1.82, 2.24) is 78.7 Å². The quantitative estimate of drug-likeness (QED) is 0.0220. The fraction of sp³-hybridized carbons (Fsp3) is 0.398. The summed E-state index contributed by atoms with van der Waals surface area (Å²) in [6.45, 7) is 38.0. The van der Waals surface area contributed by atoms with Gasteiger partial charge in [0.1, 0.15) is 62.9 Å². The molecule has 0 radical (unpaired) electrons. The lowest BCUT2D eigenvalue weighted by atomic mass is 9.97. The van der Waals surface area contributed by atoms with Crippen LogP contribution in [0.1, 0.15) is 204 Å². The molecule has 4 aliphatic heterocycles. The number of hydrogen-bond acceptors (Lipinski definition) is 32. The normalized spacial score (nSPS) is 16.6. The van der Waals surface area contributed by atoms with Crippen LogP contribution in [-0.4, -0.2) is 199 Å². The third kappa shape index (κ3) is 27.4. The minimum absolute atomic E-state index is 0.00760. The third-order valence-electron chi connectivity index (χ3n) is 24.7. The van der Waals surface area contributed by atoms with E-state index in [1.165, 1.54) is 110 Å². The highest BCUT2D eigenvalue weighted by molar-refractivity contribution is 7.91. The van der Waals surface area contributed by atoms with E-state index >= 15 is 0 Å². The van der Waals surface area contributed by atoms with Crippen LogP contribution in [0.4, 0.5) is 43.7 Å². The number of ether oxygens (including phenoxy) is 4. The van der Waals surface area contributed by atoms with Gasteiger partial charge in [0.2, 0.25) is 5.88 Å². The number of methoxy groups -OCH3 is 1. The average molecular weight is 2090 g/mol. The Kier molecular flexibility index (Phi) is 34.3. The Morgan fingerprint density at radius 3 is 1.39 bits per heavy atom. The Morgan fingerprint density at radius 2 is 0.959 bits per heavy atom. The van der Waals surface area contributed by atoms with E-state index in [0.717, 1.165) is 36.9 Å². The number of H-pyrrole nitrogens is 1. The molecular weight excluding hydrogens is 1970 g/mol. The van der Waals surface area contributed by atoms with Crippen LogP contribution >= 0.6 is 0 Å². The number of carbonyl (C=O) groups excluding carboxylic acids is 4. The van der Waals surface area contributed by atoms with E-state index in [1.54, 1.807) is 74.1 Å². The molecule has 0 aliphatic carbocycles. The lowest BCUT2D eigenvalue weighted by Gasteiger charge is -2.37. The standard InChI is InChI=1S/C28H34FN5O4S.C26H31N5O4S.C25H30FN5O5S.C24H31N7O3S/c1-17(2)16-38-21-14-19(13-20(29)15-21)23-10-9-22(26(31-23)34-18(3)11-12-28(34,4)5)27(35)33-39(36,37)25-8-6-7-24(30)32-25;1-17(2)35-23-11-8-19(14-28-23)22-10-9-21(24(29-22)31-16-18(3)13-26(31,4)5)25(32)30-36(33,34)20-7-6-12-27-15-20;1-16(2)15-36-20-13-17(12-18(26)14-20)22-5-4-21(24(28-22)31-10-7-19(35-3)8-11-31)25(32)30-37(33,34)23-6-9-27-29-23;1-15(2)31-19(11-12-26-31)18-10-9-17(22(27-18)30-14-16(3)13-24(30,4)5)23(32)29-35(33,34)21-8-6-7-20(25)28-21/h6-10,13-15,17-18H,11-12,16H2,1-5H3,(H2,30,32)(H,33,35);6-12,14-15,17-18H,13,16H2,1-5H3,(H,30,32);4-6,9,12-14,16,19H,7-8,10-11,15H2,1-3H3,(H,27,29)(H,30,32);6-12,15-16H,13-14H2,1-5H3,(H2,25,28)(H,29,32)/t;18-;;/m.1../s1. The van der Waals surface area contributed by atoms with Gasteiger partial charge in [-0.2, -0.15) is 35.5 Å². The van der Waals surface area contributed by atoms with Gasteiger partial charge >= 0.3 is 0 Å². The summed E-state index contributed by atoms with van der Waals surface area (Å²) in [5, 5.41) is 9.43. The highest BCUT2D eigenvalue weighted by atomic mass is 32.2. The molecular formula is C103H126F2N22O16S4. The SMILES string of the molecule is CC(C)COc1cc(F)cc(-c2ccc(C(=O)NS(=O)(=O)c3cccc(N)n3)c(N3C(C)CCC3(C)C)n2)c1.CC(C)Oc1ccc(-c2ccc(C(=O)NS(=O)(=O)c3cccnc3)c(N3C[C@H](C)CC3(C)C)n2)cn1.CC1CN(c2nc(-c3ccnn3C(C)C)ccc2C(=O)NS(=O)(=O)c2cccc(N)n2)C(C)(C)C1.COC1CCN(c2nc(-c3cc(F)cc(OCC(C)C)c3)ccc2C(=O)NS(=O)(=O)c2ccn[nH]2)CC1. The van der Waals surface area contributed by atoms with Crippen LogP contribution in [0.3, 0.4) is 0 Å². The first-order chi connectivity index (χ1) is 69.3. The molecule has 2 unspecified atom stereocenters. The van der Waals surface area contributed by atoms with Crippen LogP contribution in [0, 0.1) is 35.3 Å². The highest BCUT2D eigenvalue weighted by Gasteiger charge is 2.44. The minimum Gasteiger partial charge on any atom is -0.493 e. The van der Waals surface area contributed by atoms with E-state index in [2.05, 4.69) is 105 Å². The molecule has 0 saturated carbocycles. The van der Waals surface area contributed by atoms with Gasteiger partial charge in [0.25, 0.3) is 63.7 Å². The molecule has 4 aliphatic rings. The van der Waals surface area contributed by atoms with Gasteiger partial charge in [-0.3, -0.25) is 33.9 Å². The van der Waals surface area contributed by atoms with Crippen molar-refractivity contribution in [3.05, 3.63) is 223 Å². The van der Waals surface area contributed by atoms with Crippen molar-refractivity contribution >= 4 is 98.6 Å². The fourth-order valence-corrected chi connectivity index (χ4v) is 21.7. The molecule has 12 aromatic rings. The number of rotatable bonds is 30. The maximum atomic E-state index is 14.5. The smallest absolute Gasteiger partial charge is 0.281 e. The average Bonchev–Trinajstić information content (AvgIpc) is 1.68. The summed E-state index contributed by atoms with van der Waals surface area (Å²) >= 11 is 0. The van der Waals surface area contributed by atoms with Gasteiger partial charge in [-0.1, -0.05) is 53.7 Å². The molecule has 4 amide bonds. The first-order valence-electron chi connectivity index (χ1n) is 48.1. The van der Waals surface area contributed by atoms with E-state index in [-0.39, 0.29) is 107 Å². The number of aromatic nitrogens is 12. The molecule has 9 N–H and O–H groups in total. The maximum absolute atomic E-state index is 14.5. The fourth-order valence-electron chi connectivity index (χ4n) is 18.0. The highest BCUT2D eigenvalue weighted by Crippen LogP contribution is 2.44. The topological polar surface area (TPSA) is 504 Å². The molecule has 0 bridgehead atoms. The predicted molar refractivity (Wildman–Crippen MR) is 556 cm³/mol. The molecule has 10 aromatic heterocycles. The first kappa shape index (κ1) is 110. The second kappa shape index (κ2) is 45.8. The van der Waals surface area contributed by atoms with Crippen LogP contribution in [0.25, 0.3) is 45.2 Å². The number of anilines is 6. The van der Waals surface area contributed by atoms with Crippen LogP contribution < -0.4 is 64.2 Å². The van der Waals surface area contributed by atoms with Crippen molar-refractivity contribution in [1.29, 1.82) is 0 Å². The predicted octanol–water partition coefficient (Wildman–Crippen LogP) is 15.5. The van der Waals surface area contributed by atoms with Crippen LogP contribution in [-0.2, 0) is 44.8 Å². The largest absolute Gasteiger partial charge is 0.493 e. The van der Waals surface area contributed by atoms with Gasteiger partial charge in [-0.25, -0.2) is 71.0 Å². The zero-order valence-corrected chi connectivity index (χ0v) is 88.6. The summed E-state index contributed by atoms with van der Waals surface area (Å²) in [4.78, 5) is 96.3. The lowest BCUT2D eigenvalue weighted by molar-refractivity contribution is 0.0817. The zero-order chi connectivity index (χ0) is 107. The molecule has 14 heterocycles. The number of benzene rings is 2. The van der Waals surface area contributed by atoms with Gasteiger partial charge in [-0.05, 0) is 266 Å². The molecule has 3 atom stereocenters. The van der Waals surface area contributed by atoms with Crippen LogP contribution in [0.15, 0.2) is 209 Å². The second-order valence-electron chi connectivity index (χ2n) is 39.9. The Labute approximate surface area is 856 Å². The monoisotopic (exact) mass is 2090 g/mol. The van der Waals surface area contributed by atoms with Crippen molar-refractivity contribution in [3.8, 4) is 62.5 Å². The number of halogens is 2. The summed E-state index contributed by atoms with van der Waals surface area (Å²) < 4.78 is 164. The number of pyridine rings is 8. The Morgan fingerprint density at radius 1 is 0.490 bits per heavy atom. The summed E-state index contributed by atoms with van der Waals surface area (Å²) in [7, 11) is -15.1. The minimum atomic E-state index is -4.30. The molecule has 782 valence electrons. The number of carbonyl (C=O) groups is 4. The van der Waals surface area contributed by atoms with Crippen molar-refractivity contribution in [3.63, 3.8) is 0 Å². The lowest BCUT2D eigenvalue weighted by Crippen LogP contribution is -2.44. The van der Waals surface area contributed by atoms with Crippen LogP contribution in [0.2, 0.25) is 0 Å². The molecule has 16 rings (SSSR count). The molecule has 0 spiro atoms. The number of amides is 4. The Hall–Kier alpha value is -14.2. The zero-order valence-electron chi connectivity index (χ0n) is 85.3. The summed E-state index contributed by atoms with van der Waals surface area (Å²) in [6.07, 6.45) is 12.4. The van der Waals surface area contributed by atoms with Gasteiger partial charge < -0.3 is 50.0 Å². The number of nitrogens with one attached hydrogen (secondary N) is 5. The van der Waals surface area contributed by atoms with Crippen molar-refractivity contribution < 1.29 is 80.6 Å². The molecule has 4 saturated heterocycles. The van der Waals surface area contributed by atoms with Gasteiger partial charge in [0, 0.05) is 122 Å². The van der Waals surface area contributed by atoms with E-state index in [9.17, 15) is 61.6 Å². The maximum Gasteiger partial charge on any atom is 0.281 e. The van der Waals surface area contributed by atoms with E-state index in [0.29, 0.717) is 139 Å². The summed E-state index contributed by atoms with van der Waals surface area (Å²) in [6, 6.07) is 39.6. The number of nitrogens with two attached hydrogens (primary N) is 2. The number of aromatic amines is 1. The molecule has 2 aromatic carbocycles. The Bertz CT molecular complexity index is 7250. The molecule has 38 nitrogen and oxygen atoms in total. The van der Waals surface area contributed by atoms with Crippen molar-refractivity contribution in [2.24, 2.45) is 23.7 Å². The van der Waals surface area contributed by atoms with E-state index < -0.39 is 75.4 Å². The Balaban J connectivity index is 0.000000164. The number of sulfonamides is 4. The van der Waals surface area contributed by atoms with Crippen molar-refractivity contribution in [2.75, 3.05) is 77.6 Å². The third-order valence-corrected chi connectivity index (χ3v) is 29.7. The summed E-state index contributed by atoms with van der Waals surface area (Å²) in [5.41, 5.74) is 15.5. The van der Waals surface area contributed by atoms with Crippen molar-refractivity contribution in [2.45, 2.75) is 217 Å². The molecule has 44 heteroatoms. The molecule has 4 fully saturated rings. The van der Waals surface area contributed by atoms with Gasteiger partial charge in [0.15, 0.2) is 15.1 Å². The summed E-state index contributed by atoms with van der Waals surface area (Å²) in [5.74, 6) is -0.0911. The molecule has 147 heavy (non-hydrogen) atoms. The number of nitrogens with zero attached hydrogens (tertiary/aromatic N) is 15.